The second-order valence-electron chi connectivity index (χ2n) is 4.53. The minimum absolute atomic E-state index is 0.266. The van der Waals surface area contributed by atoms with E-state index in [1.54, 1.807) is 0 Å². The van der Waals surface area contributed by atoms with Crippen molar-refractivity contribution in [2.45, 2.75) is 13.8 Å². The summed E-state index contributed by atoms with van der Waals surface area (Å²) >= 11 is 3.47. The maximum absolute atomic E-state index is 11.4. The first kappa shape index (κ1) is 12.9. The summed E-state index contributed by atoms with van der Waals surface area (Å²) in [7, 11) is -2.81. The van der Waals surface area contributed by atoms with Crippen LogP contribution in [0.1, 0.15) is 11.1 Å². The van der Waals surface area contributed by atoms with Crippen molar-refractivity contribution in [2.24, 2.45) is 0 Å². The topological polar surface area (TPSA) is 37.4 Å². The van der Waals surface area contributed by atoms with E-state index in [9.17, 15) is 8.42 Å². The van der Waals surface area contributed by atoms with E-state index >= 15 is 0 Å². The van der Waals surface area contributed by atoms with Crippen LogP contribution in [0, 0.1) is 13.8 Å². The summed E-state index contributed by atoms with van der Waals surface area (Å²) in [6, 6.07) is 4.15. The molecule has 1 heterocycles. The van der Waals surface area contributed by atoms with Crippen molar-refractivity contribution in [3.05, 3.63) is 27.7 Å². The van der Waals surface area contributed by atoms with Gasteiger partial charge in [0, 0.05) is 23.2 Å². The lowest BCUT2D eigenvalue weighted by molar-refractivity contribution is 0.586. The largest absolute Gasteiger partial charge is 0.369 e. The Morgan fingerprint density at radius 3 is 2.06 bits per heavy atom. The van der Waals surface area contributed by atoms with Crippen LogP contribution < -0.4 is 4.90 Å². The average Bonchev–Trinajstić information content (AvgIpc) is 2.19. The van der Waals surface area contributed by atoms with Gasteiger partial charge in [-0.1, -0.05) is 15.9 Å². The molecule has 0 aliphatic carbocycles. The summed E-state index contributed by atoms with van der Waals surface area (Å²) in [6.45, 7) is 5.34. The molecule has 17 heavy (non-hydrogen) atoms. The lowest BCUT2D eigenvalue weighted by atomic mass is 10.1. The van der Waals surface area contributed by atoms with Crippen LogP contribution in [-0.4, -0.2) is 33.0 Å². The van der Waals surface area contributed by atoms with Crippen LogP contribution in [0.4, 0.5) is 5.69 Å². The van der Waals surface area contributed by atoms with Crippen molar-refractivity contribution in [3.63, 3.8) is 0 Å². The number of halogens is 1. The lowest BCUT2D eigenvalue weighted by Gasteiger charge is -2.31. The molecule has 5 heteroatoms. The Labute approximate surface area is 111 Å². The van der Waals surface area contributed by atoms with Crippen molar-refractivity contribution >= 4 is 31.5 Å². The maximum Gasteiger partial charge on any atom is 0.153 e. The smallest absolute Gasteiger partial charge is 0.153 e. The average molecular weight is 318 g/mol. The third-order valence-electron chi connectivity index (χ3n) is 3.12. The van der Waals surface area contributed by atoms with Crippen LogP contribution in [0.25, 0.3) is 0 Å². The summed E-state index contributed by atoms with van der Waals surface area (Å²) in [5.41, 5.74) is 3.57. The van der Waals surface area contributed by atoms with Gasteiger partial charge in [-0.2, -0.15) is 0 Å². The number of anilines is 1. The number of rotatable bonds is 1. The van der Waals surface area contributed by atoms with Crippen molar-refractivity contribution in [2.75, 3.05) is 29.5 Å². The molecule has 0 spiro atoms. The van der Waals surface area contributed by atoms with Crippen LogP contribution in [-0.2, 0) is 9.84 Å². The monoisotopic (exact) mass is 317 g/mol. The molecule has 0 radical (unpaired) electrons. The number of sulfone groups is 1. The second-order valence-corrected chi connectivity index (χ2v) is 7.75. The molecular formula is C12H16BrNO2S. The minimum atomic E-state index is -2.81. The van der Waals surface area contributed by atoms with Gasteiger partial charge < -0.3 is 4.90 Å². The third kappa shape index (κ3) is 2.83. The van der Waals surface area contributed by atoms with Crippen molar-refractivity contribution in [1.82, 2.24) is 0 Å². The fourth-order valence-corrected chi connectivity index (χ4v) is 4.23. The molecule has 1 aromatic rings. The highest BCUT2D eigenvalue weighted by atomic mass is 79.9. The Balaban J connectivity index is 2.30. The van der Waals surface area contributed by atoms with Gasteiger partial charge in [0.1, 0.15) is 0 Å². The van der Waals surface area contributed by atoms with Gasteiger partial charge in [0.2, 0.25) is 0 Å². The molecule has 0 unspecified atom stereocenters. The summed E-state index contributed by atoms with van der Waals surface area (Å²) in [5.74, 6) is 0.532. The Bertz CT molecular complexity index is 502. The molecular weight excluding hydrogens is 302 g/mol. The van der Waals surface area contributed by atoms with E-state index in [4.69, 9.17) is 0 Å². The summed E-state index contributed by atoms with van der Waals surface area (Å²) in [4.78, 5) is 2.18. The molecule has 94 valence electrons. The summed E-state index contributed by atoms with van der Waals surface area (Å²) < 4.78 is 23.9. The fourth-order valence-electron chi connectivity index (χ4n) is 2.34. The van der Waals surface area contributed by atoms with Gasteiger partial charge in [-0.15, -0.1) is 0 Å². The van der Waals surface area contributed by atoms with Gasteiger partial charge in [-0.25, -0.2) is 8.42 Å². The van der Waals surface area contributed by atoms with Crippen molar-refractivity contribution in [1.29, 1.82) is 0 Å². The van der Waals surface area contributed by atoms with Gasteiger partial charge in [0.05, 0.1) is 11.5 Å². The van der Waals surface area contributed by atoms with Crippen LogP contribution in [0.2, 0.25) is 0 Å². The molecule has 3 nitrogen and oxygen atoms in total. The third-order valence-corrected chi connectivity index (χ3v) is 5.18. The van der Waals surface area contributed by atoms with Gasteiger partial charge >= 0.3 is 0 Å². The molecule has 0 saturated carbocycles. The van der Waals surface area contributed by atoms with Crippen LogP contribution >= 0.6 is 15.9 Å². The van der Waals surface area contributed by atoms with Crippen LogP contribution in [0.3, 0.4) is 0 Å². The zero-order chi connectivity index (χ0) is 12.6. The SMILES string of the molecule is Cc1cc(Br)cc(C)c1N1CCS(=O)(=O)CC1. The molecule has 1 aromatic carbocycles. The van der Waals surface area contributed by atoms with Gasteiger partial charge in [-0.05, 0) is 37.1 Å². The van der Waals surface area contributed by atoms with Crippen molar-refractivity contribution in [3.8, 4) is 0 Å². The Morgan fingerprint density at radius 1 is 1.12 bits per heavy atom. The Morgan fingerprint density at radius 2 is 1.59 bits per heavy atom. The highest BCUT2D eigenvalue weighted by Gasteiger charge is 2.23. The first-order chi connectivity index (χ1) is 7.89. The Kier molecular flexibility index (Phi) is 3.50. The number of benzene rings is 1. The predicted octanol–water partition coefficient (Wildman–Crippen LogP) is 2.30. The quantitative estimate of drug-likeness (QED) is 0.797. The van der Waals surface area contributed by atoms with Gasteiger partial charge in [-0.3, -0.25) is 0 Å². The molecule has 0 atom stereocenters. The summed E-state index contributed by atoms with van der Waals surface area (Å²) in [6.07, 6.45) is 0. The van der Waals surface area contributed by atoms with Gasteiger partial charge in [0.25, 0.3) is 0 Å². The van der Waals surface area contributed by atoms with E-state index in [-0.39, 0.29) is 11.5 Å². The first-order valence-corrected chi connectivity index (χ1v) is 8.22. The second kappa shape index (κ2) is 4.61. The zero-order valence-corrected chi connectivity index (χ0v) is 12.4. The Hall–Kier alpha value is -0.550. The zero-order valence-electron chi connectivity index (χ0n) is 10.0. The van der Waals surface area contributed by atoms with Crippen LogP contribution in [0.15, 0.2) is 16.6 Å². The van der Waals surface area contributed by atoms with Gasteiger partial charge in [0.15, 0.2) is 9.84 Å². The van der Waals surface area contributed by atoms with E-state index in [2.05, 4.69) is 46.8 Å². The molecule has 1 saturated heterocycles. The molecule has 0 bridgehead atoms. The van der Waals surface area contributed by atoms with E-state index in [1.165, 1.54) is 16.8 Å². The maximum atomic E-state index is 11.4. The predicted molar refractivity (Wildman–Crippen MR) is 74.5 cm³/mol. The molecule has 0 N–H and O–H groups in total. The highest BCUT2D eigenvalue weighted by Crippen LogP contribution is 2.29. The number of hydrogen-bond donors (Lipinski definition) is 0. The molecule has 1 fully saturated rings. The molecule has 2 rings (SSSR count). The molecule has 0 aromatic heterocycles. The summed E-state index contributed by atoms with van der Waals surface area (Å²) in [5, 5.41) is 0. The number of nitrogens with zero attached hydrogens (tertiary/aromatic N) is 1. The fraction of sp³-hybridized carbons (Fsp3) is 0.500. The number of hydrogen-bond acceptors (Lipinski definition) is 3. The molecule has 1 aliphatic heterocycles. The minimum Gasteiger partial charge on any atom is -0.369 e. The van der Waals surface area contributed by atoms with Crippen molar-refractivity contribution < 1.29 is 8.42 Å². The van der Waals surface area contributed by atoms with Crippen LogP contribution in [0.5, 0.6) is 0 Å². The van der Waals surface area contributed by atoms with E-state index in [0.29, 0.717) is 13.1 Å². The number of aryl methyl sites for hydroxylation is 2. The normalized spacial score (nSPS) is 19.4. The standard InChI is InChI=1S/C12H16BrNO2S/c1-9-7-11(13)8-10(2)12(9)14-3-5-17(15,16)6-4-14/h7-8H,3-6H2,1-2H3. The highest BCUT2D eigenvalue weighted by molar-refractivity contribution is 9.10. The van der Waals surface area contributed by atoms with E-state index in [0.717, 1.165) is 4.47 Å². The molecule has 0 amide bonds. The van der Waals surface area contributed by atoms with E-state index in [1.807, 2.05) is 0 Å². The first-order valence-electron chi connectivity index (χ1n) is 5.61. The lowest BCUT2D eigenvalue weighted by Crippen LogP contribution is -2.40. The van der Waals surface area contributed by atoms with E-state index < -0.39 is 9.84 Å². The molecule has 1 aliphatic rings.